The summed E-state index contributed by atoms with van der Waals surface area (Å²) in [4.78, 5) is 11.7. The average molecular weight is 728 g/mol. The lowest BCUT2D eigenvalue weighted by Crippen LogP contribution is -2.47. The maximum Gasteiger partial charge on any atom is 0.326 e. The number of rotatable bonds is 12. The van der Waals surface area contributed by atoms with Crippen molar-refractivity contribution in [2.75, 3.05) is 11.1 Å². The molecule has 50 heavy (non-hydrogen) atoms. The van der Waals surface area contributed by atoms with Crippen molar-refractivity contribution in [3.05, 3.63) is 54.3 Å². The highest BCUT2D eigenvalue weighted by molar-refractivity contribution is 7.80. The smallest absolute Gasteiger partial charge is 0.326 e. The SMILES string of the molecule is C=C(C)CC[C@@H]1Cc2cc(NC(C(=O)O)C(C)C)ccc2C2CCC3(C)C(O)CCC3C21.C=CO.CC(C)(F)C(F)(F)CCCS.CCCC. The van der Waals surface area contributed by atoms with Crippen LogP contribution in [0.25, 0.3) is 0 Å². The molecule has 3 aliphatic carbocycles. The van der Waals surface area contributed by atoms with Crippen molar-refractivity contribution in [2.24, 2.45) is 29.1 Å². The predicted molar refractivity (Wildman–Crippen MR) is 207 cm³/mol. The molecule has 288 valence electrons. The zero-order valence-corrected chi connectivity index (χ0v) is 33.0. The van der Waals surface area contributed by atoms with Gasteiger partial charge in [-0.2, -0.15) is 12.6 Å². The van der Waals surface area contributed by atoms with Gasteiger partial charge in [0, 0.05) is 12.1 Å². The Labute approximate surface area is 307 Å². The van der Waals surface area contributed by atoms with Crippen molar-refractivity contribution in [1.82, 2.24) is 0 Å². The average Bonchev–Trinajstić information content (AvgIpc) is 3.34. The van der Waals surface area contributed by atoms with Gasteiger partial charge in [0.05, 0.1) is 12.4 Å². The van der Waals surface area contributed by atoms with E-state index >= 15 is 0 Å². The first kappa shape index (κ1) is 45.9. The summed E-state index contributed by atoms with van der Waals surface area (Å²) in [6.45, 7) is 21.6. The highest BCUT2D eigenvalue weighted by Gasteiger charge is 2.56. The third-order valence-corrected chi connectivity index (χ3v) is 11.4. The molecule has 0 aromatic heterocycles. The second-order valence-corrected chi connectivity index (χ2v) is 16.1. The third-order valence-electron chi connectivity index (χ3n) is 11.1. The Kier molecular flexibility index (Phi) is 19.1. The molecule has 0 amide bonds. The monoisotopic (exact) mass is 727 g/mol. The summed E-state index contributed by atoms with van der Waals surface area (Å²) in [6, 6.07) is 5.98. The fraction of sp³-hybridized carbons (Fsp3) is 0.732. The molecule has 1 aromatic carbocycles. The van der Waals surface area contributed by atoms with E-state index in [4.69, 9.17) is 5.11 Å². The number of halogens is 3. The maximum atomic E-state index is 12.7. The van der Waals surface area contributed by atoms with E-state index in [1.807, 2.05) is 13.8 Å². The maximum absolute atomic E-state index is 12.7. The summed E-state index contributed by atoms with van der Waals surface area (Å²) in [5.74, 6) is -1.29. The number of carboxylic acid groups (broad SMARTS) is 1. The Balaban J connectivity index is 0.000000577. The molecule has 6 unspecified atom stereocenters. The minimum atomic E-state index is -3.23. The number of allylic oxidation sites excluding steroid dienone is 1. The molecule has 0 heterocycles. The molecule has 0 saturated heterocycles. The number of thiol groups is 1. The second-order valence-electron chi connectivity index (χ2n) is 15.7. The number of benzene rings is 1. The van der Waals surface area contributed by atoms with Crippen LogP contribution in [0.15, 0.2) is 43.2 Å². The van der Waals surface area contributed by atoms with Crippen molar-refractivity contribution in [3.8, 4) is 0 Å². The molecule has 0 radical (unpaired) electrons. The molecule has 4 N–H and O–H groups in total. The topological polar surface area (TPSA) is 89.8 Å². The zero-order chi connectivity index (χ0) is 38.4. The van der Waals surface area contributed by atoms with E-state index in [2.05, 4.69) is 77.0 Å². The largest absolute Gasteiger partial charge is 0.516 e. The highest BCUT2D eigenvalue weighted by Crippen LogP contribution is 2.62. The van der Waals surface area contributed by atoms with Crippen LogP contribution in [-0.2, 0) is 11.2 Å². The van der Waals surface area contributed by atoms with E-state index in [1.165, 1.54) is 29.5 Å². The van der Waals surface area contributed by atoms with Crippen molar-refractivity contribution >= 4 is 24.3 Å². The fourth-order valence-electron chi connectivity index (χ4n) is 7.86. The molecule has 1 aromatic rings. The van der Waals surface area contributed by atoms with Crippen LogP contribution in [0, 0.1) is 29.1 Å². The Hall–Kier alpha value is -2.13. The lowest BCUT2D eigenvalue weighted by molar-refractivity contribution is -0.138. The van der Waals surface area contributed by atoms with E-state index < -0.39 is 30.0 Å². The molecule has 7 atom stereocenters. The van der Waals surface area contributed by atoms with Crippen molar-refractivity contribution < 1.29 is 33.3 Å². The number of carbonyl (C=O) groups is 1. The van der Waals surface area contributed by atoms with Crippen molar-refractivity contribution in [3.63, 3.8) is 0 Å². The third kappa shape index (κ3) is 12.5. The van der Waals surface area contributed by atoms with E-state index in [-0.39, 0.29) is 23.9 Å². The number of nitrogens with one attached hydrogen (secondary N) is 1. The number of unbranched alkanes of at least 4 members (excludes halogenated alkanes) is 1. The van der Waals surface area contributed by atoms with Crippen molar-refractivity contribution in [2.45, 2.75) is 156 Å². The highest BCUT2D eigenvalue weighted by atomic mass is 32.1. The molecule has 4 rings (SSSR count). The summed E-state index contributed by atoms with van der Waals surface area (Å²) in [5, 5.41) is 31.0. The van der Waals surface area contributed by atoms with E-state index in [1.54, 1.807) is 0 Å². The number of aliphatic hydroxyl groups excluding tert-OH is 2. The first-order chi connectivity index (χ1) is 23.3. The van der Waals surface area contributed by atoms with Crippen LogP contribution in [0.3, 0.4) is 0 Å². The van der Waals surface area contributed by atoms with Gasteiger partial charge in [-0.15, -0.1) is 6.58 Å². The summed E-state index contributed by atoms with van der Waals surface area (Å²) in [5.41, 5.74) is 2.65. The minimum Gasteiger partial charge on any atom is -0.516 e. The van der Waals surface area contributed by atoms with E-state index in [0.717, 1.165) is 70.7 Å². The Bertz CT molecular complexity index is 1200. The van der Waals surface area contributed by atoms with Crippen LogP contribution in [0.4, 0.5) is 18.9 Å². The van der Waals surface area contributed by atoms with Gasteiger partial charge in [0.25, 0.3) is 5.92 Å². The zero-order valence-electron chi connectivity index (χ0n) is 32.1. The van der Waals surface area contributed by atoms with Crippen LogP contribution in [0.1, 0.15) is 137 Å². The fourth-order valence-corrected chi connectivity index (χ4v) is 8.02. The second kappa shape index (κ2) is 20.8. The molecular formula is C41H68F3NO4S. The van der Waals surface area contributed by atoms with Gasteiger partial charge in [0.1, 0.15) is 6.04 Å². The van der Waals surface area contributed by atoms with E-state index in [0.29, 0.717) is 29.4 Å². The van der Waals surface area contributed by atoms with Crippen LogP contribution in [-0.4, -0.2) is 50.8 Å². The van der Waals surface area contributed by atoms with Crippen molar-refractivity contribution in [1.29, 1.82) is 0 Å². The number of fused-ring (bicyclic) bond motifs is 5. The summed E-state index contributed by atoms with van der Waals surface area (Å²) >= 11 is 3.77. The molecule has 5 nitrogen and oxygen atoms in total. The first-order valence-electron chi connectivity index (χ1n) is 18.6. The number of anilines is 1. The van der Waals surface area contributed by atoms with Crippen LogP contribution < -0.4 is 5.32 Å². The number of hydrogen-bond donors (Lipinski definition) is 5. The van der Waals surface area contributed by atoms with Gasteiger partial charge in [-0.05, 0) is 136 Å². The summed E-state index contributed by atoms with van der Waals surface area (Å²) < 4.78 is 38.1. The van der Waals surface area contributed by atoms with Gasteiger partial charge >= 0.3 is 5.97 Å². The number of aliphatic hydroxyl groups is 2. The van der Waals surface area contributed by atoms with Crippen LogP contribution >= 0.6 is 12.6 Å². The van der Waals surface area contributed by atoms with Gasteiger partial charge < -0.3 is 20.6 Å². The molecule has 2 saturated carbocycles. The van der Waals surface area contributed by atoms with Crippen LogP contribution in [0.5, 0.6) is 0 Å². The molecule has 2 fully saturated rings. The molecule has 0 bridgehead atoms. The van der Waals surface area contributed by atoms with E-state index in [9.17, 15) is 28.2 Å². The number of hydrogen-bond acceptors (Lipinski definition) is 5. The molecule has 0 aliphatic heterocycles. The number of carboxylic acids is 1. The normalized spacial score (nSPS) is 25.8. The lowest BCUT2D eigenvalue weighted by Gasteiger charge is -2.53. The summed E-state index contributed by atoms with van der Waals surface area (Å²) in [7, 11) is 0. The molecule has 0 spiro atoms. The molecule has 9 heteroatoms. The Morgan fingerprint density at radius 1 is 1.16 bits per heavy atom. The van der Waals surface area contributed by atoms with Gasteiger partial charge in [0.2, 0.25) is 0 Å². The van der Waals surface area contributed by atoms with Gasteiger partial charge in [-0.25, -0.2) is 18.0 Å². The Morgan fingerprint density at radius 2 is 1.76 bits per heavy atom. The number of aliphatic carboxylic acids is 1. The van der Waals surface area contributed by atoms with Crippen LogP contribution in [0.2, 0.25) is 0 Å². The lowest BCUT2D eigenvalue weighted by atomic mass is 9.52. The van der Waals surface area contributed by atoms with Gasteiger partial charge in [-0.1, -0.05) is 65.7 Å². The molecule has 3 aliphatic rings. The molecular weight excluding hydrogens is 660 g/mol. The van der Waals surface area contributed by atoms with Gasteiger partial charge in [0.15, 0.2) is 5.67 Å². The summed E-state index contributed by atoms with van der Waals surface area (Å²) in [6.07, 6.45) is 10.6. The van der Waals surface area contributed by atoms with Gasteiger partial charge in [-0.3, -0.25) is 0 Å². The Morgan fingerprint density at radius 3 is 2.24 bits per heavy atom. The standard InChI is InChI=1S/C28H41NO3.C7H13F3S.C4H10.C2H4O/c1-16(2)6-7-18-14-19-15-20(29-26(17(3)4)27(31)32)8-9-21(19)22-12-13-28(5)23(25(18)22)10-11-24(28)30;1-6(2,8)7(9,10)4-3-5-11;1-3-4-2;1-2-3/h8-9,15,17-18,22-26,29-30H,1,6-7,10-14H2,2-5H3,(H,31,32);11H,3-5H2,1-2H3;3-4H2,1-2H3;2-3H,1H2/t18-,22?,23?,24?,25?,26?,28?;;;/m1.../s1. The first-order valence-corrected chi connectivity index (χ1v) is 19.3. The quantitative estimate of drug-likeness (QED) is 0.0840. The predicted octanol–water partition coefficient (Wildman–Crippen LogP) is 11.6. The number of alkyl halides is 3. The minimum absolute atomic E-state index is 0.0149.